The summed E-state index contributed by atoms with van der Waals surface area (Å²) in [5.41, 5.74) is 7.47. The summed E-state index contributed by atoms with van der Waals surface area (Å²) >= 11 is 0. The Balaban J connectivity index is 1.69. The number of rotatable bonds is 3. The summed E-state index contributed by atoms with van der Waals surface area (Å²) in [4.78, 5) is 4.07. The first-order valence-electron chi connectivity index (χ1n) is 5.90. The van der Waals surface area contributed by atoms with Gasteiger partial charge in [-0.15, -0.1) is 0 Å². The molecule has 1 aliphatic rings. The molecule has 0 aliphatic carbocycles. The van der Waals surface area contributed by atoms with Crippen LogP contribution in [0.4, 0.5) is 6.01 Å². The molecule has 5 nitrogen and oxygen atoms in total. The Morgan fingerprint density at radius 1 is 1.11 bits per heavy atom. The van der Waals surface area contributed by atoms with Gasteiger partial charge in [-0.1, -0.05) is 6.07 Å². The second kappa shape index (κ2) is 4.60. The van der Waals surface area contributed by atoms with E-state index in [2.05, 4.69) is 4.98 Å². The topological polar surface area (TPSA) is 70.5 Å². The van der Waals surface area contributed by atoms with Crippen LogP contribution in [0.25, 0.3) is 0 Å². The molecule has 2 N–H and O–H groups in total. The smallest absolute Gasteiger partial charge is 0.292 e. The molecule has 94 valence electrons. The molecule has 0 unspecified atom stereocenters. The average Bonchev–Trinajstić information content (AvgIpc) is 2.82. The predicted molar refractivity (Wildman–Crippen MR) is 65.8 cm³/mol. The van der Waals surface area contributed by atoms with Crippen molar-refractivity contribution in [3.8, 4) is 11.5 Å². The van der Waals surface area contributed by atoms with Crippen molar-refractivity contribution in [1.29, 1.82) is 0 Å². The standard InChI is InChI=1S/C13H14N2O3/c14-13-15-10(8-18-13)3-1-9-2-4-11-12(7-9)17-6-5-16-11/h2,4,7-8H,1,3,5-6H2,(H2,14,15). The van der Waals surface area contributed by atoms with E-state index < -0.39 is 0 Å². The SMILES string of the molecule is Nc1nc(CCc2ccc3c(c2)OCCO3)co1. The maximum atomic E-state index is 5.54. The van der Waals surface area contributed by atoms with Crippen molar-refractivity contribution < 1.29 is 13.9 Å². The third-order valence-corrected chi connectivity index (χ3v) is 2.85. The molecule has 5 heteroatoms. The Hall–Kier alpha value is -2.17. The molecule has 0 bridgehead atoms. The number of ether oxygens (including phenoxy) is 2. The summed E-state index contributed by atoms with van der Waals surface area (Å²) in [7, 11) is 0. The van der Waals surface area contributed by atoms with Gasteiger partial charge in [0.05, 0.1) is 5.69 Å². The van der Waals surface area contributed by atoms with E-state index in [1.165, 1.54) is 5.56 Å². The van der Waals surface area contributed by atoms with Gasteiger partial charge in [0.2, 0.25) is 0 Å². The Kier molecular flexibility index (Phi) is 2.80. The van der Waals surface area contributed by atoms with Crippen molar-refractivity contribution in [2.45, 2.75) is 12.8 Å². The molecular weight excluding hydrogens is 232 g/mol. The molecule has 2 aromatic rings. The number of hydrogen-bond acceptors (Lipinski definition) is 5. The normalized spacial score (nSPS) is 13.6. The van der Waals surface area contributed by atoms with Gasteiger partial charge in [0.15, 0.2) is 11.5 Å². The molecule has 3 rings (SSSR count). The molecule has 0 fully saturated rings. The first-order valence-corrected chi connectivity index (χ1v) is 5.90. The van der Waals surface area contributed by atoms with E-state index in [0.29, 0.717) is 13.2 Å². The van der Waals surface area contributed by atoms with Gasteiger partial charge in [-0.2, -0.15) is 4.98 Å². The van der Waals surface area contributed by atoms with Crippen LogP contribution in [0.1, 0.15) is 11.3 Å². The van der Waals surface area contributed by atoms with Gasteiger partial charge < -0.3 is 19.6 Å². The van der Waals surface area contributed by atoms with Crippen molar-refractivity contribution in [3.63, 3.8) is 0 Å². The van der Waals surface area contributed by atoms with Gasteiger partial charge in [0.1, 0.15) is 19.5 Å². The molecular formula is C13H14N2O3. The van der Waals surface area contributed by atoms with Crippen LogP contribution < -0.4 is 15.2 Å². The minimum absolute atomic E-state index is 0.215. The average molecular weight is 246 g/mol. The summed E-state index contributed by atoms with van der Waals surface area (Å²) in [6, 6.07) is 6.21. The van der Waals surface area contributed by atoms with Crippen LogP contribution in [0.2, 0.25) is 0 Å². The zero-order valence-corrected chi connectivity index (χ0v) is 9.89. The van der Waals surface area contributed by atoms with Crippen LogP contribution in [0.3, 0.4) is 0 Å². The quantitative estimate of drug-likeness (QED) is 0.894. The molecule has 0 amide bonds. The molecule has 1 aliphatic heterocycles. The second-order valence-electron chi connectivity index (χ2n) is 4.16. The number of aromatic nitrogens is 1. The molecule has 0 spiro atoms. The maximum absolute atomic E-state index is 5.54. The fourth-order valence-electron chi connectivity index (χ4n) is 1.95. The Bertz CT molecular complexity index is 551. The van der Waals surface area contributed by atoms with Gasteiger partial charge in [0, 0.05) is 0 Å². The first kappa shape index (κ1) is 11.0. The van der Waals surface area contributed by atoms with Crippen molar-refractivity contribution >= 4 is 6.01 Å². The summed E-state index contributed by atoms with van der Waals surface area (Å²) in [6.45, 7) is 1.22. The lowest BCUT2D eigenvalue weighted by Crippen LogP contribution is -2.15. The third-order valence-electron chi connectivity index (χ3n) is 2.85. The van der Waals surface area contributed by atoms with Crippen molar-refractivity contribution in [2.75, 3.05) is 18.9 Å². The maximum Gasteiger partial charge on any atom is 0.292 e. The van der Waals surface area contributed by atoms with Crippen LogP contribution in [0.15, 0.2) is 28.9 Å². The summed E-state index contributed by atoms with van der Waals surface area (Å²) in [5.74, 6) is 1.63. The highest BCUT2D eigenvalue weighted by Gasteiger charge is 2.11. The molecule has 0 radical (unpaired) electrons. The monoisotopic (exact) mass is 246 g/mol. The molecule has 0 atom stereocenters. The summed E-state index contributed by atoms with van der Waals surface area (Å²) < 4.78 is 16.0. The molecule has 2 heterocycles. The minimum atomic E-state index is 0.215. The van der Waals surface area contributed by atoms with Gasteiger partial charge in [0.25, 0.3) is 6.01 Å². The molecule has 1 aromatic heterocycles. The second-order valence-corrected chi connectivity index (χ2v) is 4.16. The van der Waals surface area contributed by atoms with Crippen molar-refractivity contribution in [3.05, 3.63) is 35.7 Å². The van der Waals surface area contributed by atoms with Crippen molar-refractivity contribution in [2.24, 2.45) is 0 Å². The third kappa shape index (κ3) is 2.25. The highest BCUT2D eigenvalue weighted by atomic mass is 16.6. The highest BCUT2D eigenvalue weighted by molar-refractivity contribution is 5.43. The van der Waals surface area contributed by atoms with E-state index in [-0.39, 0.29) is 6.01 Å². The van der Waals surface area contributed by atoms with Crippen LogP contribution in [-0.4, -0.2) is 18.2 Å². The van der Waals surface area contributed by atoms with E-state index >= 15 is 0 Å². The van der Waals surface area contributed by atoms with E-state index in [0.717, 1.165) is 30.0 Å². The number of hydrogen-bond donors (Lipinski definition) is 1. The van der Waals surface area contributed by atoms with Gasteiger partial charge in [-0.25, -0.2) is 0 Å². The summed E-state index contributed by atoms with van der Waals surface area (Å²) in [5, 5.41) is 0. The van der Waals surface area contributed by atoms with Crippen LogP contribution in [0.5, 0.6) is 11.5 Å². The fourth-order valence-corrected chi connectivity index (χ4v) is 1.95. The zero-order chi connectivity index (χ0) is 12.4. The first-order chi connectivity index (χ1) is 8.81. The van der Waals surface area contributed by atoms with E-state index in [1.807, 2.05) is 18.2 Å². The van der Waals surface area contributed by atoms with E-state index in [9.17, 15) is 0 Å². The lowest BCUT2D eigenvalue weighted by atomic mass is 10.1. The molecule has 0 saturated carbocycles. The number of oxazole rings is 1. The lowest BCUT2D eigenvalue weighted by Gasteiger charge is -2.18. The Morgan fingerprint density at radius 2 is 1.94 bits per heavy atom. The Morgan fingerprint density at radius 3 is 2.72 bits per heavy atom. The number of fused-ring (bicyclic) bond motifs is 1. The van der Waals surface area contributed by atoms with Crippen LogP contribution in [0, 0.1) is 0 Å². The van der Waals surface area contributed by atoms with Crippen LogP contribution >= 0.6 is 0 Å². The fraction of sp³-hybridized carbons (Fsp3) is 0.308. The van der Waals surface area contributed by atoms with Gasteiger partial charge in [-0.05, 0) is 30.5 Å². The predicted octanol–water partition coefficient (Wildman–Crippen LogP) is 1.81. The number of nitrogens with two attached hydrogens (primary N) is 1. The molecule has 0 saturated heterocycles. The highest BCUT2D eigenvalue weighted by Crippen LogP contribution is 2.31. The van der Waals surface area contributed by atoms with Gasteiger partial charge >= 0.3 is 0 Å². The van der Waals surface area contributed by atoms with Crippen molar-refractivity contribution in [1.82, 2.24) is 4.98 Å². The number of aryl methyl sites for hydroxylation is 2. The number of nitrogen functional groups attached to an aromatic ring is 1. The largest absolute Gasteiger partial charge is 0.486 e. The van der Waals surface area contributed by atoms with Gasteiger partial charge in [-0.3, -0.25) is 0 Å². The Labute approximate surface area is 105 Å². The number of benzene rings is 1. The number of anilines is 1. The lowest BCUT2D eigenvalue weighted by molar-refractivity contribution is 0.171. The van der Waals surface area contributed by atoms with E-state index in [4.69, 9.17) is 19.6 Å². The zero-order valence-electron chi connectivity index (χ0n) is 9.89. The molecule has 1 aromatic carbocycles. The molecule has 18 heavy (non-hydrogen) atoms. The number of nitrogens with zero attached hydrogens (tertiary/aromatic N) is 1. The van der Waals surface area contributed by atoms with E-state index in [1.54, 1.807) is 6.26 Å². The minimum Gasteiger partial charge on any atom is -0.486 e. The van der Waals surface area contributed by atoms with Crippen LogP contribution in [-0.2, 0) is 12.8 Å². The summed E-state index contributed by atoms with van der Waals surface area (Å²) in [6.07, 6.45) is 3.25.